The van der Waals surface area contributed by atoms with Gasteiger partial charge < -0.3 is 9.47 Å². The molecule has 4 rings (SSSR count). The lowest BCUT2D eigenvalue weighted by Crippen LogP contribution is -2.42. The Morgan fingerprint density at radius 2 is 2.12 bits per heavy atom. The highest BCUT2D eigenvalue weighted by Crippen LogP contribution is 2.30. The maximum atomic E-state index is 12.8. The molecule has 124 valence electrons. The number of carbonyl (C=O) groups is 1. The molecule has 3 aromatic rings. The number of likely N-dealkylation sites (tertiary alicyclic amines) is 1. The summed E-state index contributed by atoms with van der Waals surface area (Å²) >= 11 is 1.55. The number of aryl methyl sites for hydroxylation is 1. The molecule has 1 aliphatic heterocycles. The number of fused-ring (bicyclic) bond motifs is 1. The van der Waals surface area contributed by atoms with Gasteiger partial charge in [-0.05, 0) is 38.3 Å². The topological polar surface area (TPSA) is 38.1 Å². The van der Waals surface area contributed by atoms with Gasteiger partial charge >= 0.3 is 0 Å². The lowest BCUT2D eigenvalue weighted by molar-refractivity contribution is 0.0630. The normalized spacial score (nSPS) is 18.2. The van der Waals surface area contributed by atoms with Crippen molar-refractivity contribution in [3.05, 3.63) is 41.4 Å². The number of amides is 1. The van der Waals surface area contributed by atoms with Gasteiger partial charge in [0.25, 0.3) is 5.91 Å². The third-order valence-corrected chi connectivity index (χ3v) is 5.82. The van der Waals surface area contributed by atoms with Crippen LogP contribution < -0.4 is 0 Å². The monoisotopic (exact) mass is 339 g/mol. The number of hydrogen-bond donors (Lipinski definition) is 0. The van der Waals surface area contributed by atoms with E-state index in [4.69, 9.17) is 0 Å². The minimum atomic E-state index is 0.0727. The Bertz CT molecular complexity index is 895. The van der Waals surface area contributed by atoms with Crippen molar-refractivity contribution in [2.45, 2.75) is 32.2 Å². The van der Waals surface area contributed by atoms with E-state index in [9.17, 15) is 4.79 Å². The summed E-state index contributed by atoms with van der Waals surface area (Å²) < 4.78 is 2.14. The van der Waals surface area contributed by atoms with E-state index >= 15 is 0 Å². The van der Waals surface area contributed by atoms with Crippen molar-refractivity contribution in [1.29, 1.82) is 0 Å². The minimum absolute atomic E-state index is 0.0727. The number of hydrogen-bond acceptors (Lipinski definition) is 3. The number of carbonyl (C=O) groups excluding carboxylic acids is 1. The molecule has 0 N–H and O–H groups in total. The van der Waals surface area contributed by atoms with E-state index in [1.807, 2.05) is 29.5 Å². The van der Waals surface area contributed by atoms with Crippen molar-refractivity contribution in [3.8, 4) is 10.7 Å². The molecule has 1 atom stereocenters. The Kier molecular flexibility index (Phi) is 3.88. The zero-order chi connectivity index (χ0) is 16.7. The Labute approximate surface area is 145 Å². The fourth-order valence-corrected chi connectivity index (χ4v) is 4.38. The Balaban J connectivity index is 1.66. The molecule has 1 amide bonds. The first-order chi connectivity index (χ1) is 11.6. The minimum Gasteiger partial charge on any atom is -0.342 e. The largest absolute Gasteiger partial charge is 0.342 e. The van der Waals surface area contributed by atoms with Crippen LogP contribution in [0.15, 0.2) is 35.7 Å². The van der Waals surface area contributed by atoms with E-state index in [1.165, 1.54) is 17.3 Å². The third-order valence-electron chi connectivity index (χ3n) is 4.96. The first-order valence-corrected chi connectivity index (χ1v) is 9.34. The summed E-state index contributed by atoms with van der Waals surface area (Å²) in [6.07, 6.45) is 3.39. The van der Waals surface area contributed by atoms with Gasteiger partial charge in [-0.25, -0.2) is 4.98 Å². The summed E-state index contributed by atoms with van der Waals surface area (Å²) in [6.45, 7) is 2.98. The van der Waals surface area contributed by atoms with E-state index < -0.39 is 0 Å². The SMILES string of the molecule is CC1CCCCN1C(=O)c1csc(-c2cc3ccccc3n2C)n1. The first-order valence-electron chi connectivity index (χ1n) is 8.46. The number of benzene rings is 1. The molecule has 4 nitrogen and oxygen atoms in total. The smallest absolute Gasteiger partial charge is 0.273 e. The van der Waals surface area contributed by atoms with Crippen molar-refractivity contribution < 1.29 is 4.79 Å². The summed E-state index contributed by atoms with van der Waals surface area (Å²) in [4.78, 5) is 19.4. The van der Waals surface area contributed by atoms with Gasteiger partial charge in [-0.3, -0.25) is 4.79 Å². The van der Waals surface area contributed by atoms with Crippen molar-refractivity contribution in [2.24, 2.45) is 7.05 Å². The molecule has 1 aliphatic rings. The van der Waals surface area contributed by atoms with Gasteiger partial charge in [0.15, 0.2) is 0 Å². The van der Waals surface area contributed by atoms with Gasteiger partial charge in [-0.1, -0.05) is 18.2 Å². The number of aromatic nitrogens is 2. The van der Waals surface area contributed by atoms with Crippen LogP contribution in [0.1, 0.15) is 36.7 Å². The fourth-order valence-electron chi connectivity index (χ4n) is 3.53. The van der Waals surface area contributed by atoms with Crippen LogP contribution >= 0.6 is 11.3 Å². The van der Waals surface area contributed by atoms with Crippen LogP contribution in [0.25, 0.3) is 21.6 Å². The number of rotatable bonds is 2. The summed E-state index contributed by atoms with van der Waals surface area (Å²) in [7, 11) is 2.05. The molecule has 1 aromatic carbocycles. The second-order valence-corrected chi connectivity index (χ2v) is 7.39. The quantitative estimate of drug-likeness (QED) is 0.697. The van der Waals surface area contributed by atoms with Crippen LogP contribution in [0.2, 0.25) is 0 Å². The molecule has 1 fully saturated rings. The molecule has 1 saturated heterocycles. The molecule has 0 saturated carbocycles. The number of thiazole rings is 1. The average molecular weight is 339 g/mol. The lowest BCUT2D eigenvalue weighted by Gasteiger charge is -2.32. The van der Waals surface area contributed by atoms with E-state index in [0.717, 1.165) is 30.1 Å². The maximum absolute atomic E-state index is 12.8. The Hall–Kier alpha value is -2.14. The van der Waals surface area contributed by atoms with Crippen molar-refractivity contribution >= 4 is 28.1 Å². The summed E-state index contributed by atoms with van der Waals surface area (Å²) in [5.41, 5.74) is 2.82. The third kappa shape index (κ3) is 2.53. The van der Waals surface area contributed by atoms with Crippen molar-refractivity contribution in [3.63, 3.8) is 0 Å². The maximum Gasteiger partial charge on any atom is 0.273 e. The van der Waals surface area contributed by atoms with E-state index in [2.05, 4.69) is 34.7 Å². The van der Waals surface area contributed by atoms with Gasteiger partial charge in [0, 0.05) is 35.9 Å². The highest BCUT2D eigenvalue weighted by molar-refractivity contribution is 7.13. The molecule has 0 radical (unpaired) electrons. The molecule has 5 heteroatoms. The van der Waals surface area contributed by atoms with Crippen molar-refractivity contribution in [2.75, 3.05) is 6.54 Å². The fraction of sp³-hybridized carbons (Fsp3) is 0.368. The zero-order valence-corrected chi connectivity index (χ0v) is 14.8. The molecule has 2 aromatic heterocycles. The molecule has 0 bridgehead atoms. The van der Waals surface area contributed by atoms with Crippen molar-refractivity contribution in [1.82, 2.24) is 14.5 Å². The molecular weight excluding hydrogens is 318 g/mol. The van der Waals surface area contributed by atoms with Crippen LogP contribution in [-0.2, 0) is 7.05 Å². The Morgan fingerprint density at radius 1 is 1.29 bits per heavy atom. The molecule has 0 aliphatic carbocycles. The van der Waals surface area contributed by atoms with Gasteiger partial charge in [0.1, 0.15) is 10.7 Å². The molecule has 3 heterocycles. The molecular formula is C19H21N3OS. The zero-order valence-electron chi connectivity index (χ0n) is 14.0. The van der Waals surface area contributed by atoms with Gasteiger partial charge in [0.2, 0.25) is 0 Å². The van der Waals surface area contributed by atoms with E-state index in [0.29, 0.717) is 11.7 Å². The van der Waals surface area contributed by atoms with E-state index in [-0.39, 0.29) is 5.91 Å². The Morgan fingerprint density at radius 3 is 2.92 bits per heavy atom. The second-order valence-electron chi connectivity index (χ2n) is 6.53. The average Bonchev–Trinajstić information content (AvgIpc) is 3.20. The second kappa shape index (κ2) is 6.06. The number of para-hydroxylation sites is 1. The lowest BCUT2D eigenvalue weighted by atomic mass is 10.0. The standard InChI is InChI=1S/C19H21N3OS/c1-13-7-5-6-10-22(13)19(23)15-12-24-18(20-15)17-11-14-8-3-4-9-16(14)21(17)2/h3-4,8-9,11-13H,5-7,10H2,1-2H3. The predicted molar refractivity (Wildman–Crippen MR) is 98.4 cm³/mol. The van der Waals surface area contributed by atoms with Crippen LogP contribution in [0.5, 0.6) is 0 Å². The van der Waals surface area contributed by atoms with Crippen LogP contribution in [-0.4, -0.2) is 32.9 Å². The first kappa shape index (κ1) is 15.4. The molecule has 0 spiro atoms. The van der Waals surface area contributed by atoms with Gasteiger partial charge in [-0.2, -0.15) is 0 Å². The van der Waals surface area contributed by atoms with Gasteiger partial charge in [0.05, 0.1) is 5.69 Å². The van der Waals surface area contributed by atoms with E-state index in [1.54, 1.807) is 11.3 Å². The van der Waals surface area contributed by atoms with Crippen LogP contribution in [0.4, 0.5) is 0 Å². The summed E-state index contributed by atoms with van der Waals surface area (Å²) in [5, 5.41) is 4.00. The van der Waals surface area contributed by atoms with Crippen LogP contribution in [0.3, 0.4) is 0 Å². The van der Waals surface area contributed by atoms with Gasteiger partial charge in [-0.15, -0.1) is 11.3 Å². The molecule has 24 heavy (non-hydrogen) atoms. The molecule has 1 unspecified atom stereocenters. The summed E-state index contributed by atoms with van der Waals surface area (Å²) in [5.74, 6) is 0.0727. The van der Waals surface area contributed by atoms with Crippen LogP contribution in [0, 0.1) is 0 Å². The highest BCUT2D eigenvalue weighted by atomic mass is 32.1. The highest BCUT2D eigenvalue weighted by Gasteiger charge is 2.26. The number of nitrogens with zero attached hydrogens (tertiary/aromatic N) is 3. The number of piperidine rings is 1. The predicted octanol–water partition coefficient (Wildman–Crippen LogP) is 4.32. The summed E-state index contributed by atoms with van der Waals surface area (Å²) in [6, 6.07) is 10.8.